The van der Waals surface area contributed by atoms with Crippen molar-refractivity contribution in [3.63, 3.8) is 0 Å². The Hall–Kier alpha value is -6.36. The molecule has 330 valence electrons. The smallest absolute Gasteiger partial charge is 0.330 e. The third-order valence-electron chi connectivity index (χ3n) is 10.3. The minimum absolute atomic E-state index is 0.0423. The molecule has 0 spiro atoms. The Bertz CT molecular complexity index is 2250. The van der Waals surface area contributed by atoms with E-state index in [1.54, 1.807) is 0 Å². The van der Waals surface area contributed by atoms with E-state index in [0.29, 0.717) is 0 Å². The van der Waals surface area contributed by atoms with Crippen molar-refractivity contribution in [3.8, 4) is 46.0 Å². The molecule has 2 fully saturated rings. The lowest BCUT2D eigenvalue weighted by atomic mass is 9.89. The number of aromatic hydroxyl groups is 5. The summed E-state index contributed by atoms with van der Waals surface area (Å²) in [6, 6.07) is 16.9. The Balaban J connectivity index is 1.06. The van der Waals surface area contributed by atoms with Gasteiger partial charge in [0.1, 0.15) is 97.1 Å². The monoisotopic (exact) mass is 866 g/mol. The molecule has 3 heterocycles. The summed E-state index contributed by atoms with van der Waals surface area (Å²) < 4.78 is 39.2. The van der Waals surface area contributed by atoms with Crippen LogP contribution in [0.25, 0.3) is 6.08 Å². The maximum atomic E-state index is 14.0. The molecule has 0 aromatic heterocycles. The summed E-state index contributed by atoms with van der Waals surface area (Å²) in [6.45, 7) is -1.31. The summed E-state index contributed by atoms with van der Waals surface area (Å²) in [7, 11) is 0. The average molecular weight is 867 g/mol. The lowest BCUT2D eigenvalue weighted by molar-refractivity contribution is -0.278. The predicted molar refractivity (Wildman–Crippen MR) is 206 cm³/mol. The molecule has 0 radical (unpaired) electrons. The van der Waals surface area contributed by atoms with E-state index in [9.17, 15) is 65.8 Å². The van der Waals surface area contributed by atoms with Gasteiger partial charge in [0.2, 0.25) is 12.6 Å². The quantitative estimate of drug-likeness (QED) is 0.0518. The van der Waals surface area contributed by atoms with Gasteiger partial charge in [-0.3, -0.25) is 4.79 Å². The van der Waals surface area contributed by atoms with E-state index >= 15 is 0 Å². The zero-order valence-corrected chi connectivity index (χ0v) is 32.1. The standard InChI is InChI=1S/C42H42O20/c43-20-3-7-22(8-4-20)58-41-36(53)34(51)32(49)28(60-41)16-56-30(48)12-1-18-13-24-31(38(62-39(24)27(47)14-18)19-2-11-25(45)26(46)15-19)40(55)57-17-29-33(50)35(52)37(54)42(61-29)59-23-9-5-21(44)6-10-23/h1-15,28-29,31-38,41-47,49-54H,16-17H2. The molecule has 20 nitrogen and oxygen atoms in total. The van der Waals surface area contributed by atoms with Crippen molar-refractivity contribution in [2.24, 2.45) is 0 Å². The number of esters is 2. The van der Waals surface area contributed by atoms with Crippen LogP contribution in [0, 0.1) is 0 Å². The van der Waals surface area contributed by atoms with Crippen LogP contribution in [-0.2, 0) is 28.5 Å². The fourth-order valence-corrected chi connectivity index (χ4v) is 6.95. The van der Waals surface area contributed by atoms with E-state index in [-0.39, 0.29) is 45.4 Å². The lowest BCUT2D eigenvalue weighted by Crippen LogP contribution is -2.60. The highest BCUT2D eigenvalue weighted by Crippen LogP contribution is 2.52. The van der Waals surface area contributed by atoms with Crippen LogP contribution in [0.2, 0.25) is 0 Å². The van der Waals surface area contributed by atoms with Gasteiger partial charge in [0, 0.05) is 11.6 Å². The molecule has 11 N–H and O–H groups in total. The van der Waals surface area contributed by atoms with Gasteiger partial charge in [-0.2, -0.15) is 0 Å². The molecule has 4 aromatic carbocycles. The minimum Gasteiger partial charge on any atom is -0.508 e. The van der Waals surface area contributed by atoms with E-state index in [2.05, 4.69) is 0 Å². The van der Waals surface area contributed by atoms with Crippen LogP contribution < -0.4 is 14.2 Å². The van der Waals surface area contributed by atoms with Crippen LogP contribution in [0.5, 0.6) is 46.0 Å². The van der Waals surface area contributed by atoms with Crippen molar-refractivity contribution in [1.82, 2.24) is 0 Å². The number of rotatable bonds is 12. The van der Waals surface area contributed by atoms with Crippen LogP contribution in [0.15, 0.2) is 84.9 Å². The van der Waals surface area contributed by atoms with Gasteiger partial charge in [-0.05, 0) is 90.0 Å². The number of phenolic OH excluding ortho intramolecular Hbond substituents is 5. The Kier molecular flexibility index (Phi) is 12.9. The van der Waals surface area contributed by atoms with Gasteiger partial charge in [0.05, 0.1) is 0 Å². The number of phenols is 5. The normalized spacial score (nSPS) is 29.3. The first kappa shape index (κ1) is 43.7. The summed E-state index contributed by atoms with van der Waals surface area (Å²) in [6.07, 6.45) is -15.4. The molecule has 0 amide bonds. The molecular weight excluding hydrogens is 824 g/mol. The van der Waals surface area contributed by atoms with E-state index < -0.39 is 116 Å². The number of hydrogen-bond acceptors (Lipinski definition) is 20. The second-order valence-corrected chi connectivity index (χ2v) is 14.6. The highest BCUT2D eigenvalue weighted by molar-refractivity contribution is 5.88. The van der Waals surface area contributed by atoms with Gasteiger partial charge in [-0.1, -0.05) is 6.07 Å². The molecule has 0 saturated carbocycles. The van der Waals surface area contributed by atoms with Gasteiger partial charge in [-0.15, -0.1) is 0 Å². The summed E-state index contributed by atoms with van der Waals surface area (Å²) in [5.74, 6) is -4.92. The average Bonchev–Trinajstić information content (AvgIpc) is 3.65. The predicted octanol–water partition coefficient (Wildman–Crippen LogP) is 0.305. The van der Waals surface area contributed by atoms with Crippen LogP contribution in [0.4, 0.5) is 0 Å². The second kappa shape index (κ2) is 18.3. The fraction of sp³-hybridized carbons (Fsp3) is 0.333. The molecular formula is C42H42O20. The van der Waals surface area contributed by atoms with Crippen molar-refractivity contribution in [2.45, 2.75) is 73.4 Å². The van der Waals surface area contributed by atoms with Crippen LogP contribution >= 0.6 is 0 Å². The van der Waals surface area contributed by atoms with Crippen molar-refractivity contribution in [2.75, 3.05) is 13.2 Å². The number of carbonyl (C=O) groups is 2. The Morgan fingerprint density at radius 3 is 1.65 bits per heavy atom. The maximum Gasteiger partial charge on any atom is 0.330 e. The van der Waals surface area contributed by atoms with E-state index in [1.165, 1.54) is 72.8 Å². The fourth-order valence-electron chi connectivity index (χ4n) is 6.95. The molecule has 12 atom stereocenters. The minimum atomic E-state index is -1.81. The molecule has 62 heavy (non-hydrogen) atoms. The number of fused-ring (bicyclic) bond motifs is 1. The molecule has 7 rings (SSSR count). The van der Waals surface area contributed by atoms with Gasteiger partial charge < -0.3 is 89.3 Å². The second-order valence-electron chi connectivity index (χ2n) is 14.6. The number of hydrogen-bond donors (Lipinski definition) is 11. The zero-order chi connectivity index (χ0) is 44.4. The van der Waals surface area contributed by atoms with Crippen molar-refractivity contribution >= 4 is 18.0 Å². The first-order valence-electron chi connectivity index (χ1n) is 19.0. The molecule has 2 saturated heterocycles. The SMILES string of the molecule is O=C(C=Cc1cc(O)c2c(c1)C(C(=O)OCC1OC(Oc3ccc(O)cc3)C(O)C(O)C1O)C(c1ccc(O)c(O)c1)O2)OCC1OC(Oc2ccc(O)cc2)C(O)C(O)C1O. The molecule has 0 bridgehead atoms. The lowest BCUT2D eigenvalue weighted by Gasteiger charge is -2.40. The molecule has 4 aromatic rings. The van der Waals surface area contributed by atoms with Gasteiger partial charge in [0.15, 0.2) is 23.0 Å². The van der Waals surface area contributed by atoms with Crippen LogP contribution in [0.1, 0.15) is 28.7 Å². The summed E-state index contributed by atoms with van der Waals surface area (Å²) >= 11 is 0. The van der Waals surface area contributed by atoms with E-state index in [0.717, 1.165) is 18.2 Å². The third kappa shape index (κ3) is 9.42. The molecule has 0 aliphatic carbocycles. The summed E-state index contributed by atoms with van der Waals surface area (Å²) in [5.41, 5.74) is 0.343. The number of aliphatic hydroxyl groups excluding tert-OH is 6. The molecule has 12 unspecified atom stereocenters. The first-order valence-corrected chi connectivity index (χ1v) is 19.0. The zero-order valence-electron chi connectivity index (χ0n) is 32.1. The van der Waals surface area contributed by atoms with Crippen molar-refractivity contribution in [3.05, 3.63) is 102 Å². The topological polar surface area (TPSA) is 321 Å². The number of benzene rings is 4. The maximum absolute atomic E-state index is 14.0. The van der Waals surface area contributed by atoms with E-state index in [4.69, 9.17) is 33.2 Å². The van der Waals surface area contributed by atoms with Crippen LogP contribution in [-0.4, -0.2) is 143 Å². The number of aliphatic hydroxyl groups is 6. The largest absolute Gasteiger partial charge is 0.508 e. The van der Waals surface area contributed by atoms with Crippen molar-refractivity contribution < 1.29 is 98.9 Å². The number of ether oxygens (including phenoxy) is 7. The number of carbonyl (C=O) groups excluding carboxylic acids is 2. The molecule has 3 aliphatic heterocycles. The highest BCUT2D eigenvalue weighted by atomic mass is 16.7. The van der Waals surface area contributed by atoms with E-state index in [1.807, 2.05) is 0 Å². The molecule has 3 aliphatic rings. The molecule has 20 heteroatoms. The van der Waals surface area contributed by atoms with Crippen molar-refractivity contribution in [1.29, 1.82) is 0 Å². The summed E-state index contributed by atoms with van der Waals surface area (Å²) in [4.78, 5) is 26.8. The third-order valence-corrected chi connectivity index (χ3v) is 10.3. The highest BCUT2D eigenvalue weighted by Gasteiger charge is 2.48. The van der Waals surface area contributed by atoms with Gasteiger partial charge >= 0.3 is 11.9 Å². The Labute approximate surface area is 350 Å². The summed E-state index contributed by atoms with van der Waals surface area (Å²) in [5, 5.41) is 114. The Morgan fingerprint density at radius 2 is 1.11 bits per heavy atom. The van der Waals surface area contributed by atoms with Gasteiger partial charge in [0.25, 0.3) is 0 Å². The Morgan fingerprint density at radius 1 is 0.581 bits per heavy atom. The van der Waals surface area contributed by atoms with Gasteiger partial charge in [-0.25, -0.2) is 4.79 Å². The first-order chi connectivity index (χ1) is 29.6. The van der Waals surface area contributed by atoms with Crippen LogP contribution in [0.3, 0.4) is 0 Å².